The first-order valence-corrected chi connectivity index (χ1v) is 12.0. The topological polar surface area (TPSA) is 114 Å². The molecule has 0 radical (unpaired) electrons. The summed E-state index contributed by atoms with van der Waals surface area (Å²) in [6, 6.07) is 5.26. The van der Waals surface area contributed by atoms with Crippen LogP contribution in [0, 0.1) is 23.5 Å². The quantitative estimate of drug-likeness (QED) is 0.489. The smallest absolute Gasteiger partial charge is 0.273 e. The van der Waals surface area contributed by atoms with Gasteiger partial charge in [-0.15, -0.1) is 0 Å². The number of hydrogen-bond donors (Lipinski definition) is 2. The van der Waals surface area contributed by atoms with Gasteiger partial charge in [0.2, 0.25) is 5.91 Å². The van der Waals surface area contributed by atoms with Crippen LogP contribution in [0.25, 0.3) is 11.3 Å². The van der Waals surface area contributed by atoms with Gasteiger partial charge in [0.25, 0.3) is 5.91 Å². The second kappa shape index (κ2) is 10.2. The summed E-state index contributed by atoms with van der Waals surface area (Å²) < 4.78 is 37.4. The van der Waals surface area contributed by atoms with Crippen molar-refractivity contribution < 1.29 is 27.4 Å². The van der Waals surface area contributed by atoms with Crippen LogP contribution in [0.15, 0.2) is 45.6 Å². The normalized spacial score (nSPS) is 21.2. The van der Waals surface area contributed by atoms with Crippen molar-refractivity contribution in [3.05, 3.63) is 59.6 Å². The number of halogens is 2. The fourth-order valence-corrected chi connectivity index (χ4v) is 4.57. The van der Waals surface area contributed by atoms with Crippen molar-refractivity contribution in [3.8, 4) is 11.3 Å². The molecule has 1 saturated carbocycles. The Hall–Kier alpha value is -3.60. The van der Waals surface area contributed by atoms with Crippen LogP contribution < -0.4 is 10.6 Å². The number of rotatable bonds is 8. The number of amides is 2. The SMILES string of the molecule is CC(NC(=O)[C@H]1CN(CC2CC2)CC[C@@H]1NC(=O)c1cc(-c2ccc(F)cc2F)on1)c1ccon1. The predicted molar refractivity (Wildman–Crippen MR) is 123 cm³/mol. The Bertz CT molecular complexity index is 1230. The molecule has 1 unspecified atom stereocenters. The summed E-state index contributed by atoms with van der Waals surface area (Å²) >= 11 is 0. The van der Waals surface area contributed by atoms with Crippen LogP contribution in [0.4, 0.5) is 8.78 Å². The van der Waals surface area contributed by atoms with E-state index in [1.54, 1.807) is 6.07 Å². The van der Waals surface area contributed by atoms with E-state index in [1.165, 1.54) is 31.2 Å². The van der Waals surface area contributed by atoms with Crippen molar-refractivity contribution in [2.75, 3.05) is 19.6 Å². The number of likely N-dealkylation sites (tertiary alicyclic amines) is 1. The Balaban J connectivity index is 1.28. The molecule has 3 heterocycles. The first-order chi connectivity index (χ1) is 17.4. The lowest BCUT2D eigenvalue weighted by molar-refractivity contribution is -0.128. The summed E-state index contributed by atoms with van der Waals surface area (Å²) in [5.74, 6) is -2.07. The standard InChI is InChI=1S/C25H27F2N5O4/c1-14(20-7-9-35-30-20)28-24(33)18-13-32(12-15-2-3-15)8-6-21(18)29-25(34)22-11-23(36-31-22)17-5-4-16(26)10-19(17)27/h4-5,7,9-11,14-15,18,21H,2-3,6,8,12-13H2,1H3,(H,28,33)(H,29,34)/t14?,18-,21-/m0/s1. The Labute approximate surface area is 206 Å². The minimum absolute atomic E-state index is 0.00423. The minimum Gasteiger partial charge on any atom is -0.364 e. The fourth-order valence-electron chi connectivity index (χ4n) is 4.57. The van der Waals surface area contributed by atoms with E-state index in [9.17, 15) is 18.4 Å². The fraction of sp³-hybridized carbons (Fsp3) is 0.440. The van der Waals surface area contributed by atoms with Crippen molar-refractivity contribution >= 4 is 11.8 Å². The van der Waals surface area contributed by atoms with Gasteiger partial charge in [-0.05, 0) is 44.2 Å². The van der Waals surface area contributed by atoms with E-state index >= 15 is 0 Å². The molecule has 0 bridgehead atoms. The third-order valence-electron chi connectivity index (χ3n) is 6.76. The average molecular weight is 500 g/mol. The molecular formula is C25H27F2N5O4. The second-order valence-electron chi connectivity index (χ2n) is 9.53. The maximum atomic E-state index is 14.1. The highest BCUT2D eigenvalue weighted by Crippen LogP contribution is 2.31. The molecule has 2 N–H and O–H groups in total. The molecular weight excluding hydrogens is 472 g/mol. The Kier molecular flexibility index (Phi) is 6.82. The zero-order valence-electron chi connectivity index (χ0n) is 19.7. The lowest BCUT2D eigenvalue weighted by atomic mass is 9.90. The summed E-state index contributed by atoms with van der Waals surface area (Å²) in [5, 5.41) is 13.5. The Morgan fingerprint density at radius 2 is 2.00 bits per heavy atom. The minimum atomic E-state index is -0.820. The van der Waals surface area contributed by atoms with E-state index in [0.29, 0.717) is 24.6 Å². The Morgan fingerprint density at radius 1 is 1.17 bits per heavy atom. The monoisotopic (exact) mass is 499 g/mol. The number of hydrogen-bond acceptors (Lipinski definition) is 7. The van der Waals surface area contributed by atoms with Crippen molar-refractivity contribution in [2.24, 2.45) is 11.8 Å². The van der Waals surface area contributed by atoms with Gasteiger partial charge in [0.15, 0.2) is 11.5 Å². The van der Waals surface area contributed by atoms with Crippen LogP contribution >= 0.6 is 0 Å². The number of carbonyl (C=O) groups is 2. The number of nitrogens with zero attached hydrogens (tertiary/aromatic N) is 3. The van der Waals surface area contributed by atoms with Gasteiger partial charge >= 0.3 is 0 Å². The summed E-state index contributed by atoms with van der Waals surface area (Å²) in [7, 11) is 0. The first-order valence-electron chi connectivity index (χ1n) is 12.0. The first kappa shape index (κ1) is 24.1. The molecule has 9 nitrogen and oxygen atoms in total. The molecule has 2 amide bonds. The summed E-state index contributed by atoms with van der Waals surface area (Å²) in [5.41, 5.74) is 0.553. The predicted octanol–water partition coefficient (Wildman–Crippen LogP) is 3.32. The summed E-state index contributed by atoms with van der Waals surface area (Å²) in [6.45, 7) is 4.04. The van der Waals surface area contributed by atoms with E-state index in [4.69, 9.17) is 9.05 Å². The molecule has 1 saturated heterocycles. The molecule has 0 spiro atoms. The van der Waals surface area contributed by atoms with Crippen LogP contribution in [-0.4, -0.2) is 52.7 Å². The number of benzene rings is 1. The van der Waals surface area contributed by atoms with Crippen LogP contribution in [0.1, 0.15) is 48.4 Å². The van der Waals surface area contributed by atoms with E-state index in [2.05, 4.69) is 25.8 Å². The van der Waals surface area contributed by atoms with E-state index in [0.717, 1.165) is 25.2 Å². The average Bonchev–Trinajstić information content (AvgIpc) is 3.30. The third kappa shape index (κ3) is 5.46. The van der Waals surface area contributed by atoms with Crippen molar-refractivity contribution in [1.82, 2.24) is 25.8 Å². The zero-order chi connectivity index (χ0) is 25.2. The lowest BCUT2D eigenvalue weighted by Crippen LogP contribution is -2.56. The van der Waals surface area contributed by atoms with E-state index in [-0.39, 0.29) is 29.0 Å². The number of piperidine rings is 1. The second-order valence-corrected chi connectivity index (χ2v) is 9.53. The molecule has 190 valence electrons. The van der Waals surface area contributed by atoms with Crippen molar-refractivity contribution in [2.45, 2.75) is 38.3 Å². The Morgan fingerprint density at radius 3 is 2.72 bits per heavy atom. The van der Waals surface area contributed by atoms with E-state index in [1.807, 2.05) is 6.92 Å². The molecule has 1 aromatic carbocycles. The molecule has 2 aliphatic rings. The largest absolute Gasteiger partial charge is 0.364 e. The molecule has 11 heteroatoms. The molecule has 3 aromatic rings. The highest BCUT2D eigenvalue weighted by Gasteiger charge is 2.38. The van der Waals surface area contributed by atoms with Gasteiger partial charge in [-0.1, -0.05) is 10.3 Å². The lowest BCUT2D eigenvalue weighted by Gasteiger charge is -2.38. The molecule has 5 rings (SSSR count). The van der Waals surface area contributed by atoms with Crippen molar-refractivity contribution in [3.63, 3.8) is 0 Å². The van der Waals surface area contributed by atoms with Crippen LogP contribution in [0.3, 0.4) is 0 Å². The van der Waals surface area contributed by atoms with Gasteiger partial charge in [0.05, 0.1) is 17.5 Å². The van der Waals surface area contributed by atoms with E-state index < -0.39 is 29.5 Å². The number of aromatic nitrogens is 2. The van der Waals surface area contributed by atoms with Gasteiger partial charge in [-0.3, -0.25) is 9.59 Å². The van der Waals surface area contributed by atoms with Gasteiger partial charge in [0, 0.05) is 43.9 Å². The summed E-state index contributed by atoms with van der Waals surface area (Å²) in [6.07, 6.45) is 4.45. The molecule has 1 aliphatic carbocycles. The summed E-state index contributed by atoms with van der Waals surface area (Å²) in [4.78, 5) is 28.5. The van der Waals surface area contributed by atoms with Crippen LogP contribution in [-0.2, 0) is 4.79 Å². The maximum absolute atomic E-state index is 14.1. The maximum Gasteiger partial charge on any atom is 0.273 e. The zero-order valence-corrected chi connectivity index (χ0v) is 19.7. The van der Waals surface area contributed by atoms with Gasteiger partial charge < -0.3 is 24.6 Å². The van der Waals surface area contributed by atoms with Crippen LogP contribution in [0.2, 0.25) is 0 Å². The number of nitrogens with one attached hydrogen (secondary N) is 2. The van der Waals surface area contributed by atoms with Gasteiger partial charge in [0.1, 0.15) is 23.6 Å². The number of carbonyl (C=O) groups excluding carboxylic acids is 2. The highest BCUT2D eigenvalue weighted by molar-refractivity contribution is 5.94. The van der Waals surface area contributed by atoms with Crippen LogP contribution in [0.5, 0.6) is 0 Å². The molecule has 2 fully saturated rings. The molecule has 2 aromatic heterocycles. The highest BCUT2D eigenvalue weighted by atomic mass is 19.1. The van der Waals surface area contributed by atoms with Crippen molar-refractivity contribution in [1.29, 1.82) is 0 Å². The molecule has 36 heavy (non-hydrogen) atoms. The molecule has 3 atom stereocenters. The molecule has 1 aliphatic heterocycles. The van der Waals surface area contributed by atoms with Gasteiger partial charge in [-0.2, -0.15) is 0 Å². The van der Waals surface area contributed by atoms with Gasteiger partial charge in [-0.25, -0.2) is 8.78 Å². The third-order valence-corrected chi connectivity index (χ3v) is 6.76.